The first-order valence-corrected chi connectivity index (χ1v) is 4.72. The molecule has 84 valence electrons. The molecule has 1 atom stereocenters. The zero-order valence-electron chi connectivity index (χ0n) is 8.78. The van der Waals surface area contributed by atoms with Crippen molar-refractivity contribution in [1.82, 2.24) is 10.2 Å². The lowest BCUT2D eigenvalue weighted by Crippen LogP contribution is -2.47. The molecule has 1 aliphatic rings. The minimum absolute atomic E-state index is 0.246. The molecular formula is C9H14N2O4. The fourth-order valence-electron chi connectivity index (χ4n) is 1.65. The Labute approximate surface area is 87.6 Å². The van der Waals surface area contributed by atoms with Crippen molar-refractivity contribution >= 4 is 17.8 Å². The fraction of sp³-hybridized carbons (Fsp3) is 0.667. The number of amides is 2. The summed E-state index contributed by atoms with van der Waals surface area (Å²) in [5, 5.41) is 2.46. The van der Waals surface area contributed by atoms with Crippen molar-refractivity contribution < 1.29 is 19.1 Å². The van der Waals surface area contributed by atoms with E-state index in [4.69, 9.17) is 0 Å². The summed E-state index contributed by atoms with van der Waals surface area (Å²) in [5.41, 5.74) is 0. The van der Waals surface area contributed by atoms with Crippen LogP contribution < -0.4 is 5.32 Å². The first kappa shape index (κ1) is 11.5. The summed E-state index contributed by atoms with van der Waals surface area (Å²) >= 11 is 0. The Morgan fingerprint density at radius 1 is 1.40 bits per heavy atom. The number of hydrogen-bond donors (Lipinski definition) is 1. The molecule has 0 aliphatic carbocycles. The summed E-state index contributed by atoms with van der Waals surface area (Å²) in [5.74, 6) is -1.92. The van der Waals surface area contributed by atoms with Crippen molar-refractivity contribution in [2.45, 2.75) is 18.9 Å². The molecule has 1 saturated heterocycles. The van der Waals surface area contributed by atoms with Crippen LogP contribution in [0.3, 0.4) is 0 Å². The van der Waals surface area contributed by atoms with Gasteiger partial charge in [0.2, 0.25) is 5.91 Å². The predicted octanol–water partition coefficient (Wildman–Crippen LogP) is -1.10. The molecule has 0 saturated carbocycles. The molecule has 1 aliphatic heterocycles. The number of hydrogen-bond acceptors (Lipinski definition) is 4. The van der Waals surface area contributed by atoms with Crippen LogP contribution in [0.5, 0.6) is 0 Å². The van der Waals surface area contributed by atoms with Crippen LogP contribution >= 0.6 is 0 Å². The molecule has 0 bridgehead atoms. The van der Waals surface area contributed by atoms with E-state index in [1.165, 1.54) is 11.9 Å². The van der Waals surface area contributed by atoms with E-state index in [1.807, 2.05) is 0 Å². The van der Waals surface area contributed by atoms with E-state index in [-0.39, 0.29) is 5.91 Å². The highest BCUT2D eigenvalue weighted by Gasteiger charge is 2.36. The van der Waals surface area contributed by atoms with Crippen LogP contribution in [0, 0.1) is 0 Å². The molecule has 6 heteroatoms. The number of methoxy groups -OCH3 is 1. The molecule has 1 rings (SSSR count). The van der Waals surface area contributed by atoms with Gasteiger partial charge in [-0.3, -0.25) is 9.59 Å². The van der Waals surface area contributed by atoms with E-state index in [0.29, 0.717) is 13.0 Å². The standard InChI is InChI=1S/C9H14N2O4/c1-10-7(12)6-4-3-5-11(6)8(13)9(14)15-2/h6H,3-5H2,1-2H3,(H,10,12). The zero-order valence-corrected chi connectivity index (χ0v) is 8.78. The van der Waals surface area contributed by atoms with Crippen LogP contribution in [0.15, 0.2) is 0 Å². The number of likely N-dealkylation sites (tertiary alicyclic amines) is 1. The average molecular weight is 214 g/mol. The van der Waals surface area contributed by atoms with E-state index in [2.05, 4.69) is 10.1 Å². The quantitative estimate of drug-likeness (QED) is 0.444. The summed E-state index contributed by atoms with van der Waals surface area (Å²) in [6, 6.07) is -0.540. The van der Waals surface area contributed by atoms with Crippen molar-refractivity contribution in [1.29, 1.82) is 0 Å². The monoisotopic (exact) mass is 214 g/mol. The molecular weight excluding hydrogens is 200 g/mol. The Morgan fingerprint density at radius 3 is 2.60 bits per heavy atom. The van der Waals surface area contributed by atoms with Gasteiger partial charge in [0, 0.05) is 13.6 Å². The summed E-state index contributed by atoms with van der Waals surface area (Å²) in [7, 11) is 2.65. The van der Waals surface area contributed by atoms with Gasteiger partial charge in [-0.15, -0.1) is 0 Å². The van der Waals surface area contributed by atoms with Crippen LogP contribution in [-0.4, -0.2) is 49.4 Å². The van der Waals surface area contributed by atoms with Gasteiger partial charge in [-0.05, 0) is 12.8 Å². The van der Waals surface area contributed by atoms with E-state index >= 15 is 0 Å². The Hall–Kier alpha value is -1.59. The lowest BCUT2D eigenvalue weighted by atomic mass is 10.2. The normalized spacial score (nSPS) is 19.9. The van der Waals surface area contributed by atoms with Gasteiger partial charge in [-0.25, -0.2) is 4.79 Å². The maximum absolute atomic E-state index is 11.5. The molecule has 0 aromatic heterocycles. The number of rotatable bonds is 1. The molecule has 1 N–H and O–H groups in total. The third-order valence-electron chi connectivity index (χ3n) is 2.42. The van der Waals surface area contributed by atoms with Gasteiger partial charge in [0.15, 0.2) is 0 Å². The van der Waals surface area contributed by atoms with Gasteiger partial charge in [-0.2, -0.15) is 0 Å². The summed E-state index contributed by atoms with van der Waals surface area (Å²) in [4.78, 5) is 35.1. The van der Waals surface area contributed by atoms with Crippen LogP contribution in [0.1, 0.15) is 12.8 Å². The minimum atomic E-state index is -0.925. The van der Waals surface area contributed by atoms with Crippen molar-refractivity contribution in [3.63, 3.8) is 0 Å². The molecule has 0 aromatic rings. The number of ether oxygens (including phenoxy) is 1. The molecule has 0 radical (unpaired) electrons. The van der Waals surface area contributed by atoms with Gasteiger partial charge in [0.05, 0.1) is 7.11 Å². The molecule has 2 amide bonds. The van der Waals surface area contributed by atoms with Gasteiger partial charge in [0.25, 0.3) is 0 Å². The smallest absolute Gasteiger partial charge is 0.396 e. The van der Waals surface area contributed by atoms with Gasteiger partial charge in [0.1, 0.15) is 6.04 Å². The third-order valence-corrected chi connectivity index (χ3v) is 2.42. The fourth-order valence-corrected chi connectivity index (χ4v) is 1.65. The second-order valence-corrected chi connectivity index (χ2v) is 3.26. The maximum Gasteiger partial charge on any atom is 0.396 e. The highest BCUT2D eigenvalue weighted by Crippen LogP contribution is 2.17. The number of nitrogens with zero attached hydrogens (tertiary/aromatic N) is 1. The minimum Gasteiger partial charge on any atom is -0.462 e. The number of nitrogens with one attached hydrogen (secondary N) is 1. The Bertz CT molecular complexity index is 290. The molecule has 1 heterocycles. The molecule has 1 unspecified atom stereocenters. The van der Waals surface area contributed by atoms with Crippen molar-refractivity contribution in [2.75, 3.05) is 20.7 Å². The number of carbonyl (C=O) groups excluding carboxylic acids is 3. The van der Waals surface area contributed by atoms with Crippen LogP contribution in [-0.2, 0) is 19.1 Å². The van der Waals surface area contributed by atoms with Gasteiger partial charge in [-0.1, -0.05) is 0 Å². The third kappa shape index (κ3) is 2.26. The summed E-state index contributed by atoms with van der Waals surface area (Å²) in [6.45, 7) is 0.423. The van der Waals surface area contributed by atoms with E-state index in [1.54, 1.807) is 0 Å². The lowest BCUT2D eigenvalue weighted by molar-refractivity contribution is -0.159. The lowest BCUT2D eigenvalue weighted by Gasteiger charge is -2.21. The van der Waals surface area contributed by atoms with Crippen molar-refractivity contribution in [2.24, 2.45) is 0 Å². The second kappa shape index (κ2) is 4.77. The van der Waals surface area contributed by atoms with Crippen LogP contribution in [0.25, 0.3) is 0 Å². The molecule has 0 aromatic carbocycles. The van der Waals surface area contributed by atoms with Crippen molar-refractivity contribution in [3.05, 3.63) is 0 Å². The number of esters is 1. The Balaban J connectivity index is 2.72. The zero-order chi connectivity index (χ0) is 11.4. The number of likely N-dealkylation sites (N-methyl/N-ethyl adjacent to an activating group) is 1. The maximum atomic E-state index is 11.5. The number of carbonyl (C=O) groups is 3. The van der Waals surface area contributed by atoms with E-state index in [0.717, 1.165) is 13.5 Å². The Morgan fingerprint density at radius 2 is 2.07 bits per heavy atom. The van der Waals surface area contributed by atoms with Gasteiger partial charge < -0.3 is 15.0 Å². The van der Waals surface area contributed by atoms with Crippen LogP contribution in [0.4, 0.5) is 0 Å². The largest absolute Gasteiger partial charge is 0.462 e. The van der Waals surface area contributed by atoms with E-state index in [9.17, 15) is 14.4 Å². The summed E-state index contributed by atoms with van der Waals surface area (Å²) < 4.78 is 4.32. The van der Waals surface area contributed by atoms with Crippen molar-refractivity contribution in [3.8, 4) is 0 Å². The van der Waals surface area contributed by atoms with E-state index < -0.39 is 17.9 Å². The predicted molar refractivity (Wildman–Crippen MR) is 50.8 cm³/mol. The molecule has 15 heavy (non-hydrogen) atoms. The highest BCUT2D eigenvalue weighted by molar-refractivity contribution is 6.32. The average Bonchev–Trinajstić information content (AvgIpc) is 2.74. The molecule has 0 spiro atoms. The Kier molecular flexibility index (Phi) is 3.65. The highest BCUT2D eigenvalue weighted by atomic mass is 16.5. The molecule has 1 fully saturated rings. The first-order valence-electron chi connectivity index (χ1n) is 4.72. The first-order chi connectivity index (χ1) is 7.11. The second-order valence-electron chi connectivity index (χ2n) is 3.26. The summed E-state index contributed by atoms with van der Waals surface area (Å²) in [6.07, 6.45) is 1.31. The topological polar surface area (TPSA) is 75.7 Å². The SMILES string of the molecule is CNC(=O)C1CCCN1C(=O)C(=O)OC. The molecule has 6 nitrogen and oxygen atoms in total. The van der Waals surface area contributed by atoms with Crippen LogP contribution in [0.2, 0.25) is 0 Å². The van der Waals surface area contributed by atoms with Gasteiger partial charge >= 0.3 is 11.9 Å².